The summed E-state index contributed by atoms with van der Waals surface area (Å²) in [6.45, 7) is 13.2. The van der Waals surface area contributed by atoms with Gasteiger partial charge in [0, 0.05) is 55.5 Å². The van der Waals surface area contributed by atoms with Gasteiger partial charge in [-0.05, 0) is 119 Å². The van der Waals surface area contributed by atoms with Gasteiger partial charge < -0.3 is 20.6 Å². The van der Waals surface area contributed by atoms with Gasteiger partial charge >= 0.3 is 0 Å². The topological polar surface area (TPSA) is 89.8 Å². The first-order chi connectivity index (χ1) is 28.8. The van der Waals surface area contributed by atoms with Crippen molar-refractivity contribution in [1.82, 2.24) is 9.97 Å². The van der Waals surface area contributed by atoms with Gasteiger partial charge in [0.15, 0.2) is 0 Å². The Morgan fingerprint density at radius 3 is 1.23 bits per heavy atom. The van der Waals surface area contributed by atoms with Gasteiger partial charge in [-0.2, -0.15) is 0 Å². The first-order valence-electron chi connectivity index (χ1n) is 20.1. The summed E-state index contributed by atoms with van der Waals surface area (Å²) in [5.74, 6) is 13.2. The number of carbonyl (C=O) groups is 2. The lowest BCUT2D eigenvalue weighted by molar-refractivity contribution is 0.101. The number of H-pyrrole nitrogens is 2. The molecule has 294 valence electrons. The SMILES string of the molecule is CC(C)(C)c1cc(C#Cc2cccc(C(=O)Nc3ccccc3)c2)c2[nH]c(-c3cc4cc(C(C)(C)C)cc(C#Cc5cccc(C(=O)Nc6ccccc6)c5)c4[nH]3)cc2c1. The van der Waals surface area contributed by atoms with Crippen LogP contribution in [0.4, 0.5) is 11.4 Å². The summed E-state index contributed by atoms with van der Waals surface area (Å²) in [6, 6.07) is 46.8. The van der Waals surface area contributed by atoms with Crippen LogP contribution in [0.15, 0.2) is 146 Å². The number of nitrogens with one attached hydrogen (secondary N) is 4. The van der Waals surface area contributed by atoms with Gasteiger partial charge in [0.05, 0.1) is 22.4 Å². The molecule has 8 aromatic rings. The van der Waals surface area contributed by atoms with E-state index in [0.717, 1.165) is 66.8 Å². The fraction of sp³-hybridized carbons (Fsp3) is 0.148. The van der Waals surface area contributed by atoms with E-state index in [9.17, 15) is 9.59 Å². The Kier molecular flexibility index (Phi) is 10.5. The first kappa shape index (κ1) is 39.3. The molecule has 0 saturated heterocycles. The van der Waals surface area contributed by atoms with E-state index in [4.69, 9.17) is 0 Å². The van der Waals surface area contributed by atoms with E-state index >= 15 is 0 Å². The Morgan fingerprint density at radius 2 is 0.850 bits per heavy atom. The minimum absolute atomic E-state index is 0.110. The van der Waals surface area contributed by atoms with Crippen LogP contribution in [0.5, 0.6) is 0 Å². The second-order valence-electron chi connectivity index (χ2n) is 17.1. The minimum atomic E-state index is -0.184. The molecule has 6 aromatic carbocycles. The average molecular weight is 783 g/mol. The van der Waals surface area contributed by atoms with Crippen molar-refractivity contribution in [1.29, 1.82) is 0 Å². The van der Waals surface area contributed by atoms with Gasteiger partial charge in [0.1, 0.15) is 0 Å². The van der Waals surface area contributed by atoms with E-state index in [2.05, 4.69) is 122 Å². The van der Waals surface area contributed by atoms with Crippen LogP contribution < -0.4 is 10.6 Å². The van der Waals surface area contributed by atoms with Gasteiger partial charge in [0.2, 0.25) is 0 Å². The van der Waals surface area contributed by atoms with Crippen molar-refractivity contribution in [2.45, 2.75) is 52.4 Å². The Balaban J connectivity index is 1.15. The molecule has 0 unspecified atom stereocenters. The van der Waals surface area contributed by atoms with Crippen LogP contribution in [-0.2, 0) is 10.8 Å². The quantitative estimate of drug-likeness (QED) is 0.131. The molecule has 0 saturated carbocycles. The van der Waals surface area contributed by atoms with Crippen molar-refractivity contribution >= 4 is 45.0 Å². The summed E-state index contributed by atoms with van der Waals surface area (Å²) < 4.78 is 0. The van der Waals surface area contributed by atoms with E-state index in [1.54, 1.807) is 12.1 Å². The third-order valence-electron chi connectivity index (χ3n) is 10.5. The van der Waals surface area contributed by atoms with Crippen molar-refractivity contribution in [3.05, 3.63) is 190 Å². The highest BCUT2D eigenvalue weighted by Crippen LogP contribution is 2.35. The van der Waals surface area contributed by atoms with E-state index in [1.165, 1.54) is 11.1 Å². The highest BCUT2D eigenvalue weighted by Gasteiger charge is 2.20. The van der Waals surface area contributed by atoms with Crippen LogP contribution in [-0.4, -0.2) is 21.8 Å². The molecule has 2 heterocycles. The highest BCUT2D eigenvalue weighted by molar-refractivity contribution is 6.05. The number of fused-ring (bicyclic) bond motifs is 2. The number of carbonyl (C=O) groups excluding carboxylic acids is 2. The number of para-hydroxylation sites is 2. The van der Waals surface area contributed by atoms with Gasteiger partial charge in [-0.15, -0.1) is 0 Å². The molecule has 2 amide bonds. The fourth-order valence-electron chi connectivity index (χ4n) is 7.05. The van der Waals surface area contributed by atoms with Crippen LogP contribution in [0.2, 0.25) is 0 Å². The Bertz CT molecular complexity index is 2830. The molecule has 60 heavy (non-hydrogen) atoms. The number of amides is 2. The molecule has 0 aliphatic heterocycles. The van der Waals surface area contributed by atoms with Crippen LogP contribution >= 0.6 is 0 Å². The molecule has 0 bridgehead atoms. The minimum Gasteiger partial charge on any atom is -0.352 e. The maximum atomic E-state index is 13.1. The number of benzene rings is 6. The molecular weight excluding hydrogens is 737 g/mol. The molecule has 0 atom stereocenters. The lowest BCUT2D eigenvalue weighted by Gasteiger charge is -2.19. The number of hydrogen-bond donors (Lipinski definition) is 4. The summed E-state index contributed by atoms with van der Waals surface area (Å²) in [6.07, 6.45) is 0. The van der Waals surface area contributed by atoms with Crippen molar-refractivity contribution in [2.75, 3.05) is 10.6 Å². The number of aromatic nitrogens is 2. The maximum absolute atomic E-state index is 13.1. The number of hydrogen-bond acceptors (Lipinski definition) is 2. The van der Waals surface area contributed by atoms with Gasteiger partial charge in [-0.1, -0.05) is 114 Å². The molecule has 0 radical (unpaired) electrons. The van der Waals surface area contributed by atoms with Gasteiger partial charge in [-0.25, -0.2) is 0 Å². The molecule has 0 aliphatic carbocycles. The molecule has 0 fully saturated rings. The number of aromatic amines is 2. The Morgan fingerprint density at radius 1 is 0.450 bits per heavy atom. The van der Waals surface area contributed by atoms with Crippen molar-refractivity contribution in [3.63, 3.8) is 0 Å². The van der Waals surface area contributed by atoms with E-state index in [1.807, 2.05) is 97.1 Å². The van der Waals surface area contributed by atoms with Gasteiger partial charge in [-0.3, -0.25) is 9.59 Å². The predicted molar refractivity (Wildman–Crippen MR) is 247 cm³/mol. The normalized spacial score (nSPS) is 11.4. The molecule has 8 rings (SSSR count). The number of rotatable bonds is 5. The Hall–Kier alpha value is -7.54. The standard InChI is InChI=1S/C54H46N4O2/c1-53(2,3)43-29-37(25-23-35-15-13-17-39(27-35)51(59)55-45-19-9-7-10-20-45)49-41(31-43)33-47(57-49)48-34-42-32-44(54(4,5)6)30-38(50(42)58-48)26-24-36-16-14-18-40(28-36)52(60)56-46-21-11-8-12-22-46/h7-22,27-34,57-58H,1-6H3,(H,55,59)(H,56,60). The molecule has 4 N–H and O–H groups in total. The maximum Gasteiger partial charge on any atom is 0.255 e. The lowest BCUT2D eigenvalue weighted by atomic mass is 9.85. The zero-order valence-corrected chi connectivity index (χ0v) is 34.7. The van der Waals surface area contributed by atoms with E-state index in [0.29, 0.717) is 11.1 Å². The van der Waals surface area contributed by atoms with Crippen LogP contribution in [0.25, 0.3) is 33.2 Å². The first-order valence-corrected chi connectivity index (χ1v) is 20.1. The molecule has 2 aromatic heterocycles. The van der Waals surface area contributed by atoms with Crippen molar-refractivity contribution < 1.29 is 9.59 Å². The zero-order valence-electron chi connectivity index (χ0n) is 34.7. The van der Waals surface area contributed by atoms with Crippen molar-refractivity contribution in [3.8, 4) is 35.1 Å². The second kappa shape index (κ2) is 16.0. The molecule has 6 heteroatoms. The summed E-state index contributed by atoms with van der Waals surface area (Å²) in [4.78, 5) is 33.5. The molecule has 0 spiro atoms. The average Bonchev–Trinajstić information content (AvgIpc) is 3.87. The fourth-order valence-corrected chi connectivity index (χ4v) is 7.05. The smallest absolute Gasteiger partial charge is 0.255 e. The monoisotopic (exact) mass is 782 g/mol. The Labute approximate surface area is 351 Å². The molecule has 0 aliphatic rings. The summed E-state index contributed by atoms with van der Waals surface area (Å²) in [5, 5.41) is 8.04. The van der Waals surface area contributed by atoms with Crippen molar-refractivity contribution in [2.24, 2.45) is 0 Å². The summed E-state index contributed by atoms with van der Waals surface area (Å²) in [7, 11) is 0. The third kappa shape index (κ3) is 8.80. The zero-order chi connectivity index (χ0) is 42.0. The van der Waals surface area contributed by atoms with Gasteiger partial charge in [0.25, 0.3) is 11.8 Å². The highest BCUT2D eigenvalue weighted by atomic mass is 16.2. The third-order valence-corrected chi connectivity index (χ3v) is 10.5. The summed E-state index contributed by atoms with van der Waals surface area (Å²) >= 11 is 0. The number of anilines is 2. The summed E-state index contributed by atoms with van der Waals surface area (Å²) in [5.41, 5.74) is 11.7. The largest absolute Gasteiger partial charge is 0.352 e. The predicted octanol–water partition coefficient (Wildman–Crippen LogP) is 12.2. The lowest BCUT2D eigenvalue weighted by Crippen LogP contribution is -2.11. The van der Waals surface area contributed by atoms with Crippen LogP contribution in [0, 0.1) is 23.7 Å². The van der Waals surface area contributed by atoms with Crippen LogP contribution in [0.3, 0.4) is 0 Å². The second-order valence-corrected chi connectivity index (χ2v) is 17.1. The van der Waals surface area contributed by atoms with E-state index in [-0.39, 0.29) is 22.6 Å². The molecule has 6 nitrogen and oxygen atoms in total. The van der Waals surface area contributed by atoms with Crippen LogP contribution in [0.1, 0.15) is 95.6 Å². The molecular formula is C54H46N4O2. The van der Waals surface area contributed by atoms with E-state index < -0.39 is 0 Å².